The Balaban J connectivity index is 2.04. The Morgan fingerprint density at radius 1 is 1.59 bits per heavy atom. The van der Waals surface area contributed by atoms with Crippen LogP contribution >= 0.6 is 0 Å². The highest BCUT2D eigenvalue weighted by atomic mass is 32.2. The molecule has 6 heteroatoms. The molecule has 2 N–H and O–H groups in total. The first-order valence-electron chi connectivity index (χ1n) is 5.84. The molecule has 0 aliphatic carbocycles. The zero-order valence-corrected chi connectivity index (χ0v) is 10.9. The molecule has 0 amide bonds. The van der Waals surface area contributed by atoms with Gasteiger partial charge < -0.3 is 5.73 Å². The number of hydrogen-bond donors (Lipinski definition) is 1. The summed E-state index contributed by atoms with van der Waals surface area (Å²) in [7, 11) is -0.971. The maximum absolute atomic E-state index is 11.6. The molecule has 1 aliphatic rings. The zero-order valence-electron chi connectivity index (χ0n) is 10.1. The molecule has 0 aromatic carbocycles. The van der Waals surface area contributed by atoms with Gasteiger partial charge in [-0.2, -0.15) is 5.10 Å². The van der Waals surface area contributed by atoms with Crippen LogP contribution in [0.5, 0.6) is 0 Å². The van der Waals surface area contributed by atoms with Crippen LogP contribution in [0.25, 0.3) is 0 Å². The van der Waals surface area contributed by atoms with Crippen LogP contribution in [0.4, 0.5) is 0 Å². The number of aromatic nitrogens is 2. The number of nitrogens with zero attached hydrogens (tertiary/aromatic N) is 2. The van der Waals surface area contributed by atoms with Crippen LogP contribution in [0.2, 0.25) is 0 Å². The maximum atomic E-state index is 11.6. The summed E-state index contributed by atoms with van der Waals surface area (Å²) in [6.45, 7) is 0.448. The molecule has 96 valence electrons. The molecule has 2 rings (SSSR count). The van der Waals surface area contributed by atoms with Crippen LogP contribution in [0.15, 0.2) is 12.3 Å². The average Bonchev–Trinajstić information content (AvgIpc) is 2.81. The van der Waals surface area contributed by atoms with Crippen molar-refractivity contribution in [1.29, 1.82) is 0 Å². The number of rotatable bonds is 4. The van der Waals surface area contributed by atoms with Gasteiger partial charge >= 0.3 is 0 Å². The molecular formula is C11H19N3O2S. The van der Waals surface area contributed by atoms with Crippen molar-refractivity contribution in [3.05, 3.63) is 18.0 Å². The lowest BCUT2D eigenvalue weighted by molar-refractivity contribution is 0.316. The molecule has 1 saturated heterocycles. The Morgan fingerprint density at radius 2 is 2.35 bits per heavy atom. The predicted octanol–water partition coefficient (Wildman–Crippen LogP) is 0.116. The van der Waals surface area contributed by atoms with Crippen LogP contribution in [0.1, 0.15) is 18.5 Å². The minimum Gasteiger partial charge on any atom is -0.330 e. The van der Waals surface area contributed by atoms with E-state index in [4.69, 9.17) is 5.73 Å². The van der Waals surface area contributed by atoms with Gasteiger partial charge in [-0.3, -0.25) is 4.68 Å². The highest BCUT2D eigenvalue weighted by Crippen LogP contribution is 2.35. The molecule has 1 atom stereocenters. The van der Waals surface area contributed by atoms with Gasteiger partial charge in [-0.25, -0.2) is 8.42 Å². The minimum absolute atomic E-state index is 0.219. The van der Waals surface area contributed by atoms with Crippen LogP contribution in [0.3, 0.4) is 0 Å². The van der Waals surface area contributed by atoms with Crippen molar-refractivity contribution in [1.82, 2.24) is 9.78 Å². The number of sulfone groups is 1. The van der Waals surface area contributed by atoms with E-state index < -0.39 is 9.84 Å². The van der Waals surface area contributed by atoms with E-state index in [1.807, 2.05) is 17.8 Å². The highest BCUT2D eigenvalue weighted by Gasteiger charge is 2.40. The van der Waals surface area contributed by atoms with Gasteiger partial charge in [-0.1, -0.05) is 0 Å². The van der Waals surface area contributed by atoms with Gasteiger partial charge in [0, 0.05) is 18.9 Å². The van der Waals surface area contributed by atoms with Gasteiger partial charge in [0.1, 0.15) is 0 Å². The Morgan fingerprint density at radius 3 is 2.82 bits per heavy atom. The third-order valence-electron chi connectivity index (χ3n) is 3.74. The molecule has 1 fully saturated rings. The molecule has 0 saturated carbocycles. The first-order chi connectivity index (χ1) is 7.96. The molecule has 1 unspecified atom stereocenters. The molecule has 5 nitrogen and oxygen atoms in total. The fourth-order valence-corrected chi connectivity index (χ4v) is 4.71. The van der Waals surface area contributed by atoms with Gasteiger partial charge in [-0.15, -0.1) is 0 Å². The van der Waals surface area contributed by atoms with Crippen LogP contribution in [0, 0.1) is 5.41 Å². The summed E-state index contributed by atoms with van der Waals surface area (Å²) < 4.78 is 24.9. The number of aryl methyl sites for hydroxylation is 2. The molecule has 0 spiro atoms. The van der Waals surface area contributed by atoms with E-state index >= 15 is 0 Å². The lowest BCUT2D eigenvalue weighted by Gasteiger charge is -2.25. The van der Waals surface area contributed by atoms with Gasteiger partial charge in [0.25, 0.3) is 0 Å². The molecule has 0 bridgehead atoms. The second kappa shape index (κ2) is 4.42. The lowest BCUT2D eigenvalue weighted by Crippen LogP contribution is -2.32. The molecule has 2 heterocycles. The van der Waals surface area contributed by atoms with Crippen LogP contribution < -0.4 is 5.73 Å². The summed E-state index contributed by atoms with van der Waals surface area (Å²) in [6.07, 6.45) is 4.12. The van der Waals surface area contributed by atoms with Gasteiger partial charge in [-0.05, 0) is 37.3 Å². The Kier molecular flexibility index (Phi) is 3.27. The van der Waals surface area contributed by atoms with Crippen LogP contribution in [-0.4, -0.2) is 36.2 Å². The summed E-state index contributed by atoms with van der Waals surface area (Å²) in [4.78, 5) is 0. The van der Waals surface area contributed by atoms with E-state index in [-0.39, 0.29) is 16.9 Å². The third kappa shape index (κ3) is 2.69. The van der Waals surface area contributed by atoms with Gasteiger partial charge in [0.15, 0.2) is 9.84 Å². The fourth-order valence-electron chi connectivity index (χ4n) is 2.48. The normalized spacial score (nSPS) is 27.4. The average molecular weight is 257 g/mol. The predicted molar refractivity (Wildman–Crippen MR) is 66.3 cm³/mol. The van der Waals surface area contributed by atoms with Crippen molar-refractivity contribution < 1.29 is 8.42 Å². The van der Waals surface area contributed by atoms with E-state index in [0.29, 0.717) is 13.0 Å². The molecule has 1 aromatic heterocycles. The minimum atomic E-state index is -2.87. The van der Waals surface area contributed by atoms with Gasteiger partial charge in [0.05, 0.1) is 11.5 Å². The molecular weight excluding hydrogens is 238 g/mol. The van der Waals surface area contributed by atoms with E-state index in [2.05, 4.69) is 5.10 Å². The molecule has 1 aliphatic heterocycles. The summed E-state index contributed by atoms with van der Waals surface area (Å²) in [5.74, 6) is 0.532. The third-order valence-corrected chi connectivity index (χ3v) is 5.61. The lowest BCUT2D eigenvalue weighted by atomic mass is 9.82. The summed E-state index contributed by atoms with van der Waals surface area (Å²) in [5.41, 5.74) is 6.69. The summed E-state index contributed by atoms with van der Waals surface area (Å²) in [6, 6.07) is 1.97. The zero-order chi connectivity index (χ0) is 12.5. The Hall–Kier alpha value is -0.880. The van der Waals surface area contributed by atoms with E-state index in [0.717, 1.165) is 18.5 Å². The second-order valence-electron chi connectivity index (χ2n) is 4.99. The smallest absolute Gasteiger partial charge is 0.150 e. The Labute approximate surface area is 102 Å². The fraction of sp³-hybridized carbons (Fsp3) is 0.727. The van der Waals surface area contributed by atoms with Crippen molar-refractivity contribution in [2.75, 3.05) is 18.1 Å². The maximum Gasteiger partial charge on any atom is 0.150 e. The molecule has 0 radical (unpaired) electrons. The topological polar surface area (TPSA) is 78.0 Å². The summed E-state index contributed by atoms with van der Waals surface area (Å²) >= 11 is 0. The summed E-state index contributed by atoms with van der Waals surface area (Å²) in [5, 5.41) is 4.11. The van der Waals surface area contributed by atoms with Crippen molar-refractivity contribution in [3.8, 4) is 0 Å². The standard InChI is InChI=1S/C11H19N3O2S/c1-14-10(3-6-13-14)2-4-11(8-12)5-7-17(15,16)9-11/h3,6H,2,4-5,7-9,12H2,1H3. The SMILES string of the molecule is Cn1nccc1CCC1(CN)CCS(=O)(=O)C1. The number of hydrogen-bond acceptors (Lipinski definition) is 4. The largest absolute Gasteiger partial charge is 0.330 e. The van der Waals surface area contributed by atoms with Crippen molar-refractivity contribution in [3.63, 3.8) is 0 Å². The van der Waals surface area contributed by atoms with Crippen molar-refractivity contribution in [2.24, 2.45) is 18.2 Å². The van der Waals surface area contributed by atoms with Crippen molar-refractivity contribution >= 4 is 9.84 Å². The number of nitrogens with two attached hydrogens (primary N) is 1. The molecule has 1 aromatic rings. The van der Waals surface area contributed by atoms with Gasteiger partial charge in [0.2, 0.25) is 0 Å². The van der Waals surface area contributed by atoms with E-state index in [1.54, 1.807) is 6.20 Å². The first kappa shape index (κ1) is 12.6. The molecule has 17 heavy (non-hydrogen) atoms. The first-order valence-corrected chi connectivity index (χ1v) is 7.66. The van der Waals surface area contributed by atoms with Crippen LogP contribution in [-0.2, 0) is 23.3 Å². The van der Waals surface area contributed by atoms with E-state index in [1.165, 1.54) is 0 Å². The van der Waals surface area contributed by atoms with Crippen molar-refractivity contribution in [2.45, 2.75) is 19.3 Å². The Bertz CT molecular complexity index is 495. The van der Waals surface area contributed by atoms with E-state index in [9.17, 15) is 8.42 Å². The quantitative estimate of drug-likeness (QED) is 0.831. The second-order valence-corrected chi connectivity index (χ2v) is 7.18. The highest BCUT2D eigenvalue weighted by molar-refractivity contribution is 7.91. The monoisotopic (exact) mass is 257 g/mol.